The minimum atomic E-state index is -0.0316. The predicted octanol–water partition coefficient (Wildman–Crippen LogP) is 2.95. The van der Waals surface area contributed by atoms with Gasteiger partial charge in [0.15, 0.2) is 5.82 Å². The summed E-state index contributed by atoms with van der Waals surface area (Å²) in [4.78, 5) is 11.4. The van der Waals surface area contributed by atoms with Gasteiger partial charge in [0.05, 0.1) is 5.52 Å². The minimum Gasteiger partial charge on any atom is -0.309 e. The molecule has 2 aromatic rings. The SMILES string of the molecule is CCCC(=O)Nc1n[nH]c2ccc(Cl)cc12. The first-order valence-corrected chi connectivity index (χ1v) is 5.52. The first kappa shape index (κ1) is 11.0. The summed E-state index contributed by atoms with van der Waals surface area (Å²) >= 11 is 5.89. The molecule has 1 amide bonds. The van der Waals surface area contributed by atoms with E-state index in [1.54, 1.807) is 12.1 Å². The quantitative estimate of drug-likeness (QED) is 0.862. The molecule has 0 fully saturated rings. The Balaban J connectivity index is 2.30. The normalized spacial score (nSPS) is 10.6. The molecule has 1 heterocycles. The van der Waals surface area contributed by atoms with Crippen molar-refractivity contribution in [2.24, 2.45) is 0 Å². The van der Waals surface area contributed by atoms with Gasteiger partial charge < -0.3 is 5.32 Å². The molecule has 2 N–H and O–H groups in total. The van der Waals surface area contributed by atoms with E-state index in [4.69, 9.17) is 11.6 Å². The monoisotopic (exact) mass is 237 g/mol. The van der Waals surface area contributed by atoms with Gasteiger partial charge in [-0.15, -0.1) is 0 Å². The Kier molecular flexibility index (Phi) is 3.10. The van der Waals surface area contributed by atoms with E-state index in [1.165, 1.54) is 0 Å². The van der Waals surface area contributed by atoms with Crippen molar-refractivity contribution in [3.8, 4) is 0 Å². The summed E-state index contributed by atoms with van der Waals surface area (Å²) < 4.78 is 0. The molecule has 0 aliphatic heterocycles. The van der Waals surface area contributed by atoms with Crippen LogP contribution in [-0.4, -0.2) is 16.1 Å². The fourth-order valence-corrected chi connectivity index (χ4v) is 1.68. The van der Waals surface area contributed by atoms with Crippen molar-refractivity contribution in [1.82, 2.24) is 10.2 Å². The van der Waals surface area contributed by atoms with Gasteiger partial charge in [-0.1, -0.05) is 18.5 Å². The number of aromatic amines is 1. The van der Waals surface area contributed by atoms with Crippen LogP contribution in [0.3, 0.4) is 0 Å². The first-order valence-electron chi connectivity index (χ1n) is 5.14. The molecule has 0 aliphatic rings. The number of benzene rings is 1. The number of H-pyrrole nitrogens is 1. The van der Waals surface area contributed by atoms with E-state index < -0.39 is 0 Å². The summed E-state index contributed by atoms with van der Waals surface area (Å²) in [5.41, 5.74) is 0.858. The van der Waals surface area contributed by atoms with Gasteiger partial charge >= 0.3 is 0 Å². The zero-order valence-electron chi connectivity index (χ0n) is 8.88. The van der Waals surface area contributed by atoms with Crippen molar-refractivity contribution in [3.63, 3.8) is 0 Å². The second-order valence-corrected chi connectivity index (χ2v) is 4.00. The van der Waals surface area contributed by atoms with Crippen LogP contribution in [0.2, 0.25) is 5.02 Å². The Bertz CT molecular complexity index is 521. The highest BCUT2D eigenvalue weighted by Crippen LogP contribution is 2.23. The number of amides is 1. The zero-order valence-corrected chi connectivity index (χ0v) is 9.64. The summed E-state index contributed by atoms with van der Waals surface area (Å²) in [6.45, 7) is 1.96. The second kappa shape index (κ2) is 4.53. The Morgan fingerprint density at radius 3 is 3.12 bits per heavy atom. The number of rotatable bonds is 3. The zero-order chi connectivity index (χ0) is 11.5. The van der Waals surface area contributed by atoms with Gasteiger partial charge in [0.1, 0.15) is 0 Å². The lowest BCUT2D eigenvalue weighted by molar-refractivity contribution is -0.116. The number of nitrogens with one attached hydrogen (secondary N) is 2. The van der Waals surface area contributed by atoms with Gasteiger partial charge in [0, 0.05) is 16.8 Å². The average molecular weight is 238 g/mol. The summed E-state index contributed by atoms with van der Waals surface area (Å²) in [6, 6.07) is 5.39. The lowest BCUT2D eigenvalue weighted by Crippen LogP contribution is -2.10. The minimum absolute atomic E-state index is 0.0316. The van der Waals surface area contributed by atoms with Crippen LogP contribution in [0.4, 0.5) is 5.82 Å². The molecule has 0 spiro atoms. The fraction of sp³-hybridized carbons (Fsp3) is 0.273. The Morgan fingerprint density at radius 2 is 2.38 bits per heavy atom. The molecule has 0 aliphatic carbocycles. The molecular weight excluding hydrogens is 226 g/mol. The highest BCUT2D eigenvalue weighted by molar-refractivity contribution is 6.31. The summed E-state index contributed by atoms with van der Waals surface area (Å²) in [5.74, 6) is 0.506. The molecule has 0 radical (unpaired) electrons. The van der Waals surface area contributed by atoms with Crippen molar-refractivity contribution in [3.05, 3.63) is 23.2 Å². The maximum atomic E-state index is 11.4. The van der Waals surface area contributed by atoms with E-state index in [1.807, 2.05) is 13.0 Å². The van der Waals surface area contributed by atoms with E-state index in [0.29, 0.717) is 17.3 Å². The summed E-state index contributed by atoms with van der Waals surface area (Å²) in [6.07, 6.45) is 1.31. The van der Waals surface area contributed by atoms with Gasteiger partial charge in [-0.2, -0.15) is 5.10 Å². The van der Waals surface area contributed by atoms with Crippen LogP contribution in [-0.2, 0) is 4.79 Å². The molecule has 16 heavy (non-hydrogen) atoms. The van der Waals surface area contributed by atoms with E-state index in [0.717, 1.165) is 17.3 Å². The number of carbonyl (C=O) groups excluding carboxylic acids is 1. The predicted molar refractivity (Wildman–Crippen MR) is 64.6 cm³/mol. The summed E-state index contributed by atoms with van der Waals surface area (Å²) in [7, 11) is 0. The van der Waals surface area contributed by atoms with Crippen LogP contribution in [0, 0.1) is 0 Å². The van der Waals surface area contributed by atoms with Crippen LogP contribution in [0.5, 0.6) is 0 Å². The third-order valence-corrected chi connectivity index (χ3v) is 2.49. The molecular formula is C11H12ClN3O. The molecule has 0 saturated heterocycles. The number of hydrogen-bond acceptors (Lipinski definition) is 2. The summed E-state index contributed by atoms with van der Waals surface area (Å²) in [5, 5.41) is 11.1. The maximum absolute atomic E-state index is 11.4. The van der Waals surface area contributed by atoms with E-state index in [9.17, 15) is 4.79 Å². The second-order valence-electron chi connectivity index (χ2n) is 3.56. The molecule has 0 bridgehead atoms. The van der Waals surface area contributed by atoms with Crippen LogP contribution in [0.15, 0.2) is 18.2 Å². The Hall–Kier alpha value is -1.55. The molecule has 2 rings (SSSR count). The Morgan fingerprint density at radius 1 is 1.56 bits per heavy atom. The van der Waals surface area contributed by atoms with Crippen molar-refractivity contribution >= 4 is 34.2 Å². The Labute approximate surface area is 98.0 Å². The highest BCUT2D eigenvalue weighted by atomic mass is 35.5. The molecule has 0 saturated carbocycles. The highest BCUT2D eigenvalue weighted by Gasteiger charge is 2.08. The number of halogens is 1. The van der Waals surface area contributed by atoms with Crippen LogP contribution in [0.1, 0.15) is 19.8 Å². The van der Waals surface area contributed by atoms with Crippen molar-refractivity contribution in [2.75, 3.05) is 5.32 Å². The first-order chi connectivity index (χ1) is 7.70. The molecule has 84 valence electrons. The third kappa shape index (κ3) is 2.17. The number of aromatic nitrogens is 2. The molecule has 0 atom stereocenters. The topological polar surface area (TPSA) is 57.8 Å². The van der Waals surface area contributed by atoms with Crippen LogP contribution >= 0.6 is 11.6 Å². The van der Waals surface area contributed by atoms with Crippen molar-refractivity contribution < 1.29 is 4.79 Å². The van der Waals surface area contributed by atoms with E-state index >= 15 is 0 Å². The molecule has 4 nitrogen and oxygen atoms in total. The van der Waals surface area contributed by atoms with Gasteiger partial charge in [-0.3, -0.25) is 9.89 Å². The molecule has 1 aromatic carbocycles. The maximum Gasteiger partial charge on any atom is 0.225 e. The largest absolute Gasteiger partial charge is 0.309 e. The number of hydrogen-bond donors (Lipinski definition) is 2. The lowest BCUT2D eigenvalue weighted by Gasteiger charge is -2.00. The standard InChI is InChI=1S/C11H12ClN3O/c1-2-3-10(16)13-11-8-6-7(12)4-5-9(8)14-15-11/h4-6H,2-3H2,1H3,(H2,13,14,15,16). The van der Waals surface area contributed by atoms with Crippen LogP contribution in [0.25, 0.3) is 10.9 Å². The number of fused-ring (bicyclic) bond motifs is 1. The van der Waals surface area contributed by atoms with E-state index in [2.05, 4.69) is 15.5 Å². The average Bonchev–Trinajstić information content (AvgIpc) is 2.61. The molecule has 1 aromatic heterocycles. The van der Waals surface area contributed by atoms with Crippen molar-refractivity contribution in [1.29, 1.82) is 0 Å². The molecule has 5 heteroatoms. The number of carbonyl (C=O) groups is 1. The number of anilines is 1. The molecule has 0 unspecified atom stereocenters. The van der Waals surface area contributed by atoms with Gasteiger partial charge in [0.25, 0.3) is 0 Å². The van der Waals surface area contributed by atoms with Crippen LogP contribution < -0.4 is 5.32 Å². The smallest absolute Gasteiger partial charge is 0.225 e. The fourth-order valence-electron chi connectivity index (χ4n) is 1.50. The van der Waals surface area contributed by atoms with E-state index in [-0.39, 0.29) is 5.91 Å². The third-order valence-electron chi connectivity index (χ3n) is 2.26. The number of nitrogens with zero attached hydrogens (tertiary/aromatic N) is 1. The van der Waals surface area contributed by atoms with Gasteiger partial charge in [0.2, 0.25) is 5.91 Å². The lowest BCUT2D eigenvalue weighted by atomic mass is 10.2. The van der Waals surface area contributed by atoms with Crippen molar-refractivity contribution in [2.45, 2.75) is 19.8 Å². The van der Waals surface area contributed by atoms with Gasteiger partial charge in [-0.25, -0.2) is 0 Å². The van der Waals surface area contributed by atoms with Gasteiger partial charge in [-0.05, 0) is 24.6 Å².